The fourth-order valence-electron chi connectivity index (χ4n) is 0.778. The van der Waals surface area contributed by atoms with E-state index in [-0.39, 0.29) is 17.1 Å². The van der Waals surface area contributed by atoms with Crippen molar-refractivity contribution in [2.75, 3.05) is 5.73 Å². The van der Waals surface area contributed by atoms with Gasteiger partial charge in [-0.05, 0) is 11.6 Å². The maximum absolute atomic E-state index is 12.1. The van der Waals surface area contributed by atoms with Crippen LogP contribution in [0.1, 0.15) is 11.3 Å². The van der Waals surface area contributed by atoms with Crippen LogP contribution in [0.2, 0.25) is 0 Å². The Balaban J connectivity index is 3.14. The number of pyridine rings is 1. The predicted octanol–water partition coefficient (Wildman–Crippen LogP) is 2.42. The van der Waals surface area contributed by atoms with Crippen molar-refractivity contribution in [3.05, 3.63) is 23.5 Å². The maximum Gasteiger partial charge on any atom is 0.433 e. The van der Waals surface area contributed by atoms with E-state index in [1.165, 1.54) is 0 Å². The highest BCUT2D eigenvalue weighted by molar-refractivity contribution is 6.17. The molecule has 0 aromatic carbocycles. The number of alkyl halides is 4. The second-order valence-electron chi connectivity index (χ2n) is 2.40. The third kappa shape index (κ3) is 2.24. The molecule has 0 saturated heterocycles. The molecule has 2 N–H and O–H groups in total. The largest absolute Gasteiger partial charge is 0.433 e. The van der Waals surface area contributed by atoms with Crippen LogP contribution in [-0.4, -0.2) is 4.98 Å². The number of halogens is 4. The molecule has 0 atom stereocenters. The van der Waals surface area contributed by atoms with Crippen LogP contribution >= 0.6 is 11.6 Å². The predicted molar refractivity (Wildman–Crippen MR) is 43.2 cm³/mol. The molecule has 2 nitrogen and oxygen atoms in total. The number of hydrogen-bond acceptors (Lipinski definition) is 2. The zero-order chi connectivity index (χ0) is 10.1. The average Bonchev–Trinajstić information content (AvgIpc) is 2.03. The Kier molecular flexibility index (Phi) is 2.66. The van der Waals surface area contributed by atoms with Crippen molar-refractivity contribution < 1.29 is 13.2 Å². The minimum atomic E-state index is -4.45. The molecule has 0 aliphatic rings. The van der Waals surface area contributed by atoms with Crippen molar-refractivity contribution in [2.24, 2.45) is 0 Å². The molecule has 0 aliphatic heterocycles. The molecule has 1 aromatic heterocycles. The number of nitrogens with two attached hydrogens (primary N) is 1. The molecule has 0 amide bonds. The Labute approximate surface area is 77.5 Å². The van der Waals surface area contributed by atoms with Crippen LogP contribution in [0.4, 0.5) is 18.9 Å². The van der Waals surface area contributed by atoms with Gasteiger partial charge in [-0.15, -0.1) is 11.6 Å². The molecular weight excluding hydrogens is 205 g/mol. The van der Waals surface area contributed by atoms with E-state index >= 15 is 0 Å². The second kappa shape index (κ2) is 3.41. The molecular formula is C7H6ClF3N2. The first-order valence-electron chi connectivity index (χ1n) is 3.32. The number of nitrogens with zero attached hydrogens (tertiary/aromatic N) is 1. The van der Waals surface area contributed by atoms with Crippen molar-refractivity contribution in [3.8, 4) is 0 Å². The van der Waals surface area contributed by atoms with Gasteiger partial charge in [0, 0.05) is 5.88 Å². The highest BCUT2D eigenvalue weighted by Crippen LogP contribution is 2.29. The van der Waals surface area contributed by atoms with Crippen LogP contribution in [0.5, 0.6) is 0 Å². The van der Waals surface area contributed by atoms with Gasteiger partial charge in [-0.25, -0.2) is 4.98 Å². The van der Waals surface area contributed by atoms with E-state index in [2.05, 4.69) is 4.98 Å². The maximum atomic E-state index is 12.1. The molecule has 72 valence electrons. The summed E-state index contributed by atoms with van der Waals surface area (Å²) in [6, 6.07) is 0.850. The van der Waals surface area contributed by atoms with Gasteiger partial charge in [-0.1, -0.05) is 0 Å². The van der Waals surface area contributed by atoms with Crippen LogP contribution < -0.4 is 5.73 Å². The van der Waals surface area contributed by atoms with E-state index in [0.717, 1.165) is 12.3 Å². The van der Waals surface area contributed by atoms with Crippen molar-refractivity contribution in [1.82, 2.24) is 4.98 Å². The minimum Gasteiger partial charge on any atom is -0.397 e. The van der Waals surface area contributed by atoms with E-state index < -0.39 is 11.9 Å². The first-order chi connectivity index (χ1) is 5.95. The molecule has 1 rings (SSSR count). The fourth-order valence-corrected chi connectivity index (χ4v) is 1.01. The zero-order valence-electron chi connectivity index (χ0n) is 6.40. The molecule has 0 fully saturated rings. The monoisotopic (exact) mass is 210 g/mol. The quantitative estimate of drug-likeness (QED) is 0.723. The molecule has 0 bridgehead atoms. The Morgan fingerprint density at radius 3 is 2.54 bits per heavy atom. The van der Waals surface area contributed by atoms with Gasteiger partial charge < -0.3 is 5.73 Å². The smallest absolute Gasteiger partial charge is 0.397 e. The molecule has 0 aliphatic carbocycles. The zero-order valence-corrected chi connectivity index (χ0v) is 7.15. The van der Waals surface area contributed by atoms with E-state index in [1.54, 1.807) is 0 Å². The van der Waals surface area contributed by atoms with E-state index in [9.17, 15) is 13.2 Å². The minimum absolute atomic E-state index is 0.0581. The molecule has 0 spiro atoms. The van der Waals surface area contributed by atoms with Crippen LogP contribution in [0.25, 0.3) is 0 Å². The lowest BCUT2D eigenvalue weighted by atomic mass is 10.2. The summed E-state index contributed by atoms with van der Waals surface area (Å²) in [7, 11) is 0. The van der Waals surface area contributed by atoms with E-state index in [0.29, 0.717) is 0 Å². The summed E-state index contributed by atoms with van der Waals surface area (Å²) in [5.74, 6) is -0.0581. The van der Waals surface area contributed by atoms with Gasteiger partial charge in [-0.2, -0.15) is 13.2 Å². The van der Waals surface area contributed by atoms with Gasteiger partial charge in [0.1, 0.15) is 5.69 Å². The van der Waals surface area contributed by atoms with Crippen molar-refractivity contribution in [3.63, 3.8) is 0 Å². The highest BCUT2D eigenvalue weighted by atomic mass is 35.5. The van der Waals surface area contributed by atoms with Gasteiger partial charge in [0.05, 0.1) is 11.9 Å². The Bertz CT molecular complexity index is 311. The van der Waals surface area contributed by atoms with Crippen molar-refractivity contribution in [1.29, 1.82) is 0 Å². The third-order valence-electron chi connectivity index (χ3n) is 1.46. The van der Waals surface area contributed by atoms with Gasteiger partial charge in [0.25, 0.3) is 0 Å². The third-order valence-corrected chi connectivity index (χ3v) is 1.75. The first kappa shape index (κ1) is 10.1. The summed E-state index contributed by atoms with van der Waals surface area (Å²) in [5, 5.41) is 0. The standard InChI is InChI=1S/C7H6ClF3N2/c8-2-4-1-6(7(9,10)11)13-3-5(4)12/h1,3H,2,12H2. The Hall–Kier alpha value is -0.970. The molecule has 1 aromatic rings. The summed E-state index contributed by atoms with van der Waals surface area (Å²) < 4.78 is 36.3. The van der Waals surface area contributed by atoms with Crippen molar-refractivity contribution >= 4 is 17.3 Å². The lowest BCUT2D eigenvalue weighted by Crippen LogP contribution is -2.09. The number of rotatable bonds is 1. The summed E-state index contributed by atoms with van der Waals surface area (Å²) in [6.07, 6.45) is -3.49. The first-order valence-corrected chi connectivity index (χ1v) is 3.86. The second-order valence-corrected chi connectivity index (χ2v) is 2.67. The highest BCUT2D eigenvalue weighted by Gasteiger charge is 2.32. The lowest BCUT2D eigenvalue weighted by Gasteiger charge is -2.07. The van der Waals surface area contributed by atoms with Gasteiger partial charge in [-0.3, -0.25) is 0 Å². The summed E-state index contributed by atoms with van der Waals surface area (Å²) >= 11 is 5.38. The lowest BCUT2D eigenvalue weighted by molar-refractivity contribution is -0.141. The average molecular weight is 211 g/mol. The topological polar surface area (TPSA) is 38.9 Å². The van der Waals surface area contributed by atoms with E-state index in [4.69, 9.17) is 17.3 Å². The summed E-state index contributed by atoms with van der Waals surface area (Å²) in [6.45, 7) is 0. The van der Waals surface area contributed by atoms with Crippen LogP contribution in [0, 0.1) is 0 Å². The van der Waals surface area contributed by atoms with Crippen LogP contribution in [0.15, 0.2) is 12.3 Å². The van der Waals surface area contributed by atoms with Gasteiger partial charge in [0.2, 0.25) is 0 Å². The van der Waals surface area contributed by atoms with Gasteiger partial charge >= 0.3 is 6.18 Å². The fraction of sp³-hybridized carbons (Fsp3) is 0.286. The number of hydrogen-bond donors (Lipinski definition) is 1. The van der Waals surface area contributed by atoms with Crippen LogP contribution in [0.3, 0.4) is 0 Å². The van der Waals surface area contributed by atoms with Crippen LogP contribution in [-0.2, 0) is 12.1 Å². The summed E-state index contributed by atoms with van der Waals surface area (Å²) in [4.78, 5) is 3.15. The number of aromatic nitrogens is 1. The molecule has 13 heavy (non-hydrogen) atoms. The Morgan fingerprint density at radius 1 is 1.46 bits per heavy atom. The Morgan fingerprint density at radius 2 is 2.08 bits per heavy atom. The normalized spacial score (nSPS) is 11.7. The van der Waals surface area contributed by atoms with E-state index in [1.807, 2.05) is 0 Å². The number of anilines is 1. The molecule has 1 heterocycles. The summed E-state index contributed by atoms with van der Waals surface area (Å²) in [5.41, 5.74) is 4.76. The van der Waals surface area contributed by atoms with Crippen molar-refractivity contribution in [2.45, 2.75) is 12.1 Å². The molecule has 6 heteroatoms. The van der Waals surface area contributed by atoms with Gasteiger partial charge in [0.15, 0.2) is 0 Å². The molecule has 0 unspecified atom stereocenters. The molecule has 0 saturated carbocycles. The number of nitrogen functional groups attached to an aromatic ring is 1. The SMILES string of the molecule is Nc1cnc(C(F)(F)F)cc1CCl. The molecule has 0 radical (unpaired) electrons.